The number of aromatic nitrogens is 2. The van der Waals surface area contributed by atoms with Gasteiger partial charge in [0.15, 0.2) is 11.6 Å². The number of benzene rings is 2. The maximum absolute atomic E-state index is 13.9. The number of carboxylic acids is 1. The van der Waals surface area contributed by atoms with E-state index in [4.69, 9.17) is 15.6 Å². The number of carboxylic acid groups (broad SMARTS) is 1. The van der Waals surface area contributed by atoms with Crippen LogP contribution >= 0.6 is 0 Å². The third-order valence-corrected chi connectivity index (χ3v) is 3.78. The van der Waals surface area contributed by atoms with Crippen LogP contribution < -0.4 is 11.1 Å². The number of nitrogens with two attached hydrogens (primary N) is 1. The van der Waals surface area contributed by atoms with Crippen LogP contribution in [0.4, 0.5) is 22.0 Å². The second-order valence-electron chi connectivity index (χ2n) is 5.92. The Morgan fingerprint density at radius 3 is 2.23 bits per heavy atom. The van der Waals surface area contributed by atoms with Gasteiger partial charge in [0.05, 0.1) is 16.6 Å². The van der Waals surface area contributed by atoms with Crippen LogP contribution in [0.5, 0.6) is 0 Å². The van der Waals surface area contributed by atoms with Gasteiger partial charge in [-0.15, -0.1) is 0 Å². The van der Waals surface area contributed by atoms with E-state index in [1.165, 1.54) is 10.9 Å². The average Bonchev–Trinajstić information content (AvgIpc) is 3.10. The Bertz CT molecular complexity index is 1080. The zero-order chi connectivity index (χ0) is 22.6. The number of rotatable bonds is 4. The molecule has 0 fully saturated rings. The van der Waals surface area contributed by atoms with Crippen molar-refractivity contribution in [2.24, 2.45) is 5.73 Å². The molecule has 7 nitrogen and oxygen atoms in total. The van der Waals surface area contributed by atoms with E-state index in [2.05, 4.69) is 10.4 Å². The summed E-state index contributed by atoms with van der Waals surface area (Å²) >= 11 is 0. The van der Waals surface area contributed by atoms with Crippen LogP contribution in [-0.2, 0) is 11.3 Å². The lowest BCUT2D eigenvalue weighted by Crippen LogP contribution is -2.21. The molecule has 1 aromatic heterocycles. The van der Waals surface area contributed by atoms with Crippen LogP contribution in [0.1, 0.15) is 15.9 Å². The monoisotopic (exact) mass is 430 g/mol. The van der Waals surface area contributed by atoms with E-state index in [0.29, 0.717) is 12.2 Å². The van der Waals surface area contributed by atoms with E-state index in [1.807, 2.05) is 19.2 Å². The molecule has 1 amide bonds. The second-order valence-corrected chi connectivity index (χ2v) is 5.92. The van der Waals surface area contributed by atoms with Crippen LogP contribution in [0.2, 0.25) is 0 Å². The highest BCUT2D eigenvalue weighted by Gasteiger charge is 2.38. The van der Waals surface area contributed by atoms with Gasteiger partial charge in [0.2, 0.25) is 0 Å². The Kier molecular flexibility index (Phi) is 6.72. The molecule has 0 spiro atoms. The molecule has 2 aromatic carbocycles. The number of alkyl halides is 3. The van der Waals surface area contributed by atoms with Gasteiger partial charge in [-0.25, -0.2) is 18.3 Å². The van der Waals surface area contributed by atoms with Crippen molar-refractivity contribution in [3.63, 3.8) is 0 Å². The fraction of sp³-hybridized carbons (Fsp3) is 0.167. The molecule has 0 unspecified atom stereocenters. The van der Waals surface area contributed by atoms with Gasteiger partial charge < -0.3 is 16.2 Å². The zero-order valence-corrected chi connectivity index (χ0v) is 15.3. The minimum absolute atomic E-state index is 0.0377. The lowest BCUT2D eigenvalue weighted by atomic mass is 10.1. The van der Waals surface area contributed by atoms with Crippen molar-refractivity contribution >= 4 is 22.8 Å². The Hall–Kier alpha value is -3.54. The molecule has 0 aliphatic carbocycles. The molecule has 160 valence electrons. The molecule has 0 bridgehead atoms. The summed E-state index contributed by atoms with van der Waals surface area (Å²) in [7, 11) is 1.84. The molecule has 0 saturated carbocycles. The maximum Gasteiger partial charge on any atom is 0.490 e. The normalized spacial score (nSPS) is 11.1. The molecule has 0 atom stereocenters. The Labute approximate surface area is 165 Å². The van der Waals surface area contributed by atoms with Crippen molar-refractivity contribution in [1.82, 2.24) is 15.1 Å². The number of hydrogen-bond acceptors (Lipinski definition) is 4. The summed E-state index contributed by atoms with van der Waals surface area (Å²) in [4.78, 5) is 20.3. The van der Waals surface area contributed by atoms with Crippen molar-refractivity contribution in [3.8, 4) is 5.69 Å². The van der Waals surface area contributed by atoms with Crippen molar-refractivity contribution in [2.75, 3.05) is 7.05 Å². The number of nitrogens with one attached hydrogen (secondary N) is 1. The Morgan fingerprint density at radius 1 is 1.20 bits per heavy atom. The van der Waals surface area contributed by atoms with Gasteiger partial charge in [-0.2, -0.15) is 18.3 Å². The molecule has 1 heterocycles. The highest BCUT2D eigenvalue weighted by Crippen LogP contribution is 2.25. The summed E-state index contributed by atoms with van der Waals surface area (Å²) in [5.41, 5.74) is 6.84. The number of carbonyl (C=O) groups is 2. The zero-order valence-electron chi connectivity index (χ0n) is 15.3. The molecule has 4 N–H and O–H groups in total. The number of aliphatic carboxylic acids is 1. The summed E-state index contributed by atoms with van der Waals surface area (Å²) in [6.07, 6.45) is -3.74. The van der Waals surface area contributed by atoms with Crippen LogP contribution in [-0.4, -0.2) is 40.0 Å². The van der Waals surface area contributed by atoms with Crippen molar-refractivity contribution in [2.45, 2.75) is 12.7 Å². The van der Waals surface area contributed by atoms with Crippen LogP contribution in [0.15, 0.2) is 36.5 Å². The topological polar surface area (TPSA) is 110 Å². The standard InChI is InChI=1S/C16H14F2N4O.C2HF3O2/c1-20-7-9-2-4-10(5-3-9)22-8-12-14(18)13(17)6-11(16(19)23)15(12)21-22;3-2(4,5)1(6)7/h2-6,8,20H,7H2,1H3,(H2,19,23);(H,6,7). The van der Waals surface area contributed by atoms with Gasteiger partial charge in [0.25, 0.3) is 5.91 Å². The van der Waals surface area contributed by atoms with E-state index in [1.54, 1.807) is 12.1 Å². The van der Waals surface area contributed by atoms with Gasteiger partial charge in [0, 0.05) is 12.7 Å². The molecule has 12 heteroatoms. The molecule has 3 aromatic rings. The summed E-state index contributed by atoms with van der Waals surface area (Å²) < 4.78 is 60.7. The number of amides is 1. The molecule has 30 heavy (non-hydrogen) atoms. The smallest absolute Gasteiger partial charge is 0.475 e. The highest BCUT2D eigenvalue weighted by molar-refractivity contribution is 6.04. The van der Waals surface area contributed by atoms with Crippen molar-refractivity contribution < 1.29 is 36.6 Å². The molecule has 0 aliphatic heterocycles. The third kappa shape index (κ3) is 5.08. The van der Waals surface area contributed by atoms with Crippen LogP contribution in [0, 0.1) is 11.6 Å². The van der Waals surface area contributed by atoms with Crippen molar-refractivity contribution in [3.05, 3.63) is 59.3 Å². The van der Waals surface area contributed by atoms with Gasteiger partial charge in [-0.05, 0) is 30.8 Å². The summed E-state index contributed by atoms with van der Waals surface area (Å²) in [5, 5.41) is 14.2. The van der Waals surface area contributed by atoms with Gasteiger partial charge >= 0.3 is 12.1 Å². The first kappa shape index (κ1) is 22.7. The Morgan fingerprint density at radius 2 is 1.77 bits per heavy atom. The fourth-order valence-electron chi connectivity index (χ4n) is 2.41. The SMILES string of the molecule is CNCc1ccc(-n2cc3c(F)c(F)cc(C(N)=O)c3n2)cc1.O=C(O)C(F)(F)F. The van der Waals surface area contributed by atoms with Gasteiger partial charge in [-0.3, -0.25) is 4.79 Å². The second kappa shape index (κ2) is 8.86. The van der Waals surface area contributed by atoms with Gasteiger partial charge in [0.1, 0.15) is 5.52 Å². The highest BCUT2D eigenvalue weighted by atomic mass is 19.4. The number of hydrogen-bond donors (Lipinski definition) is 3. The predicted octanol–water partition coefficient (Wildman–Crippen LogP) is 2.76. The minimum Gasteiger partial charge on any atom is -0.475 e. The number of fused-ring (bicyclic) bond motifs is 1. The summed E-state index contributed by atoms with van der Waals surface area (Å²) in [6.45, 7) is 0.715. The first-order valence-electron chi connectivity index (χ1n) is 8.17. The summed E-state index contributed by atoms with van der Waals surface area (Å²) in [6, 6.07) is 8.16. The van der Waals surface area contributed by atoms with Crippen LogP contribution in [0.25, 0.3) is 16.6 Å². The van der Waals surface area contributed by atoms with Crippen LogP contribution in [0.3, 0.4) is 0 Å². The first-order chi connectivity index (χ1) is 14.0. The predicted molar refractivity (Wildman–Crippen MR) is 96.0 cm³/mol. The molecule has 3 rings (SSSR count). The quantitative estimate of drug-likeness (QED) is 0.552. The van der Waals surface area contributed by atoms with Gasteiger partial charge in [-0.1, -0.05) is 12.1 Å². The lowest BCUT2D eigenvalue weighted by Gasteiger charge is -2.03. The first-order valence-corrected chi connectivity index (χ1v) is 8.17. The number of primary amides is 1. The minimum atomic E-state index is -5.08. The maximum atomic E-state index is 13.9. The molecule has 0 radical (unpaired) electrons. The van der Waals surface area contributed by atoms with E-state index in [0.717, 1.165) is 11.6 Å². The number of halogens is 5. The largest absolute Gasteiger partial charge is 0.490 e. The molecule has 0 saturated heterocycles. The fourth-order valence-corrected chi connectivity index (χ4v) is 2.41. The van der Waals surface area contributed by atoms with E-state index in [-0.39, 0.29) is 16.5 Å². The van der Waals surface area contributed by atoms with E-state index < -0.39 is 29.7 Å². The number of carbonyl (C=O) groups excluding carboxylic acids is 1. The van der Waals surface area contributed by atoms with E-state index in [9.17, 15) is 26.7 Å². The third-order valence-electron chi connectivity index (χ3n) is 3.78. The van der Waals surface area contributed by atoms with E-state index >= 15 is 0 Å². The Balaban J connectivity index is 0.000000396. The molecule has 0 aliphatic rings. The lowest BCUT2D eigenvalue weighted by molar-refractivity contribution is -0.192. The average molecular weight is 430 g/mol. The molecular formula is C18H15F5N4O3. The number of nitrogens with zero attached hydrogens (tertiary/aromatic N) is 2. The summed E-state index contributed by atoms with van der Waals surface area (Å²) in [5.74, 6) is -5.80. The molecular weight excluding hydrogens is 415 g/mol. The van der Waals surface area contributed by atoms with Crippen molar-refractivity contribution in [1.29, 1.82) is 0 Å².